The molecule has 0 amide bonds. The summed E-state index contributed by atoms with van der Waals surface area (Å²) in [5.74, 6) is -0.866. The Kier molecular flexibility index (Phi) is 4.43. The molecular formula is C16H13Cl2FN2O2. The third-order valence-electron chi connectivity index (χ3n) is 3.50. The van der Waals surface area contributed by atoms with Gasteiger partial charge in [0.1, 0.15) is 5.82 Å². The number of oxazole rings is 1. The first-order valence-corrected chi connectivity index (χ1v) is 7.61. The van der Waals surface area contributed by atoms with E-state index in [2.05, 4.69) is 0 Å². The lowest BCUT2D eigenvalue weighted by Crippen LogP contribution is -2.27. The maximum atomic E-state index is 13.9. The van der Waals surface area contributed by atoms with Gasteiger partial charge in [0.25, 0.3) is 0 Å². The van der Waals surface area contributed by atoms with Gasteiger partial charge in [-0.25, -0.2) is 9.18 Å². The van der Waals surface area contributed by atoms with Gasteiger partial charge in [0.15, 0.2) is 5.58 Å². The Bertz CT molecular complexity index is 900. The zero-order valence-electron chi connectivity index (χ0n) is 12.2. The van der Waals surface area contributed by atoms with Gasteiger partial charge in [0.2, 0.25) is 0 Å². The van der Waals surface area contributed by atoms with Crippen LogP contribution in [0.4, 0.5) is 4.39 Å². The van der Waals surface area contributed by atoms with Crippen LogP contribution in [0.15, 0.2) is 45.6 Å². The van der Waals surface area contributed by atoms with Crippen molar-refractivity contribution in [3.63, 3.8) is 0 Å². The molecule has 0 N–H and O–H groups in total. The summed E-state index contributed by atoms with van der Waals surface area (Å²) in [5, 5.41) is 0.845. The Morgan fingerprint density at radius 2 is 2.04 bits per heavy atom. The van der Waals surface area contributed by atoms with Crippen LogP contribution in [-0.2, 0) is 13.2 Å². The van der Waals surface area contributed by atoms with Crippen molar-refractivity contribution in [1.29, 1.82) is 0 Å². The van der Waals surface area contributed by atoms with Crippen molar-refractivity contribution in [2.45, 2.75) is 13.2 Å². The van der Waals surface area contributed by atoms with Crippen LogP contribution in [0.25, 0.3) is 11.1 Å². The monoisotopic (exact) mass is 354 g/mol. The number of hydrogen-bond donors (Lipinski definition) is 0. The summed E-state index contributed by atoms with van der Waals surface area (Å²) in [6.45, 7) is 0.496. The predicted molar refractivity (Wildman–Crippen MR) is 88.4 cm³/mol. The van der Waals surface area contributed by atoms with E-state index in [1.165, 1.54) is 10.6 Å². The van der Waals surface area contributed by atoms with Crippen molar-refractivity contribution in [3.05, 3.63) is 68.4 Å². The minimum atomic E-state index is -0.492. The van der Waals surface area contributed by atoms with Gasteiger partial charge < -0.3 is 4.42 Å². The highest BCUT2D eigenvalue weighted by Crippen LogP contribution is 2.22. The lowest BCUT2D eigenvalue weighted by Gasteiger charge is -2.18. The highest BCUT2D eigenvalue weighted by atomic mass is 35.5. The van der Waals surface area contributed by atoms with Crippen LogP contribution in [0.1, 0.15) is 5.56 Å². The first kappa shape index (κ1) is 16.1. The SMILES string of the molecule is CN(Cc1c(F)cccc1Cl)Cn1c(=O)oc2cc(Cl)ccc21. The summed E-state index contributed by atoms with van der Waals surface area (Å²) in [7, 11) is 1.77. The number of benzene rings is 2. The fourth-order valence-corrected chi connectivity index (χ4v) is 2.80. The van der Waals surface area contributed by atoms with Crippen molar-refractivity contribution in [2.75, 3.05) is 7.05 Å². The Morgan fingerprint density at radius 1 is 1.26 bits per heavy atom. The summed E-state index contributed by atoms with van der Waals surface area (Å²) in [4.78, 5) is 13.8. The van der Waals surface area contributed by atoms with E-state index in [4.69, 9.17) is 27.6 Å². The summed E-state index contributed by atoms with van der Waals surface area (Å²) in [5.41, 5.74) is 1.44. The summed E-state index contributed by atoms with van der Waals surface area (Å²) >= 11 is 11.9. The van der Waals surface area contributed by atoms with Crippen molar-refractivity contribution in [2.24, 2.45) is 0 Å². The van der Waals surface area contributed by atoms with Crippen LogP contribution in [-0.4, -0.2) is 16.5 Å². The fourth-order valence-electron chi connectivity index (χ4n) is 2.42. The van der Waals surface area contributed by atoms with Crippen LogP contribution < -0.4 is 5.76 Å². The molecule has 0 saturated heterocycles. The van der Waals surface area contributed by atoms with E-state index in [1.807, 2.05) is 0 Å². The standard InChI is InChI=1S/C16H13Cl2FN2O2/c1-20(8-11-12(18)3-2-4-13(11)19)9-21-14-6-5-10(17)7-15(14)23-16(21)22/h2-7H,8-9H2,1H3. The molecule has 3 rings (SSSR count). The predicted octanol–water partition coefficient (Wildman–Crippen LogP) is 4.13. The number of nitrogens with zero attached hydrogens (tertiary/aromatic N) is 2. The van der Waals surface area contributed by atoms with Gasteiger partial charge in [-0.3, -0.25) is 9.47 Å². The highest BCUT2D eigenvalue weighted by Gasteiger charge is 2.14. The Morgan fingerprint density at radius 3 is 2.78 bits per heavy atom. The first-order valence-electron chi connectivity index (χ1n) is 6.86. The molecular weight excluding hydrogens is 342 g/mol. The zero-order valence-corrected chi connectivity index (χ0v) is 13.7. The van der Waals surface area contributed by atoms with Gasteiger partial charge in [-0.1, -0.05) is 29.3 Å². The van der Waals surface area contributed by atoms with Crippen LogP contribution in [0.5, 0.6) is 0 Å². The van der Waals surface area contributed by atoms with E-state index in [-0.39, 0.29) is 19.0 Å². The quantitative estimate of drug-likeness (QED) is 0.706. The van der Waals surface area contributed by atoms with Gasteiger partial charge in [-0.05, 0) is 31.3 Å². The van der Waals surface area contributed by atoms with Crippen molar-refractivity contribution < 1.29 is 8.81 Å². The molecule has 0 aliphatic heterocycles. The molecule has 0 atom stereocenters. The number of rotatable bonds is 4. The van der Waals surface area contributed by atoms with Crippen molar-refractivity contribution in [1.82, 2.24) is 9.47 Å². The number of hydrogen-bond acceptors (Lipinski definition) is 3. The van der Waals surface area contributed by atoms with Crippen LogP contribution in [0.2, 0.25) is 10.0 Å². The molecule has 4 nitrogen and oxygen atoms in total. The maximum absolute atomic E-state index is 13.9. The van der Waals surface area contributed by atoms with Crippen molar-refractivity contribution in [3.8, 4) is 0 Å². The molecule has 7 heteroatoms. The molecule has 0 fully saturated rings. The summed E-state index contributed by atoms with van der Waals surface area (Å²) in [6.07, 6.45) is 0. The molecule has 0 aliphatic rings. The fraction of sp³-hybridized carbons (Fsp3) is 0.188. The average Bonchev–Trinajstić information content (AvgIpc) is 2.78. The minimum absolute atomic E-state index is 0.234. The van der Waals surface area contributed by atoms with E-state index >= 15 is 0 Å². The normalized spacial score (nSPS) is 11.5. The third-order valence-corrected chi connectivity index (χ3v) is 4.09. The number of aromatic nitrogens is 1. The van der Waals surface area contributed by atoms with Gasteiger partial charge in [0, 0.05) is 28.2 Å². The lowest BCUT2D eigenvalue weighted by atomic mass is 10.2. The third kappa shape index (κ3) is 3.27. The van der Waals surface area contributed by atoms with Gasteiger partial charge in [-0.2, -0.15) is 0 Å². The number of fused-ring (bicyclic) bond motifs is 1. The van der Waals surface area contributed by atoms with Crippen LogP contribution in [0.3, 0.4) is 0 Å². The van der Waals surface area contributed by atoms with Crippen LogP contribution in [0, 0.1) is 5.82 Å². The summed E-state index contributed by atoms with van der Waals surface area (Å²) < 4.78 is 20.5. The van der Waals surface area contributed by atoms with Crippen LogP contribution >= 0.6 is 23.2 Å². The van der Waals surface area contributed by atoms with E-state index in [0.29, 0.717) is 26.7 Å². The largest absolute Gasteiger partial charge is 0.421 e. The molecule has 1 heterocycles. The topological polar surface area (TPSA) is 38.4 Å². The molecule has 120 valence electrons. The molecule has 0 spiro atoms. The maximum Gasteiger partial charge on any atom is 0.421 e. The van der Waals surface area contributed by atoms with E-state index < -0.39 is 5.76 Å². The second-order valence-electron chi connectivity index (χ2n) is 5.26. The van der Waals surface area contributed by atoms with Gasteiger partial charge in [0.05, 0.1) is 12.2 Å². The first-order chi connectivity index (χ1) is 11.0. The molecule has 0 unspecified atom stereocenters. The molecule has 0 radical (unpaired) electrons. The molecule has 0 bridgehead atoms. The van der Waals surface area contributed by atoms with Crippen molar-refractivity contribution >= 4 is 34.3 Å². The number of halogens is 3. The highest BCUT2D eigenvalue weighted by molar-refractivity contribution is 6.31. The van der Waals surface area contributed by atoms with E-state index in [9.17, 15) is 9.18 Å². The Hall–Kier alpha value is -1.82. The zero-order chi connectivity index (χ0) is 16.6. The molecule has 0 aliphatic carbocycles. The molecule has 3 aromatic rings. The average molecular weight is 355 g/mol. The van der Waals surface area contributed by atoms with Gasteiger partial charge in [-0.15, -0.1) is 0 Å². The second-order valence-corrected chi connectivity index (χ2v) is 6.11. The van der Waals surface area contributed by atoms with E-state index in [1.54, 1.807) is 42.3 Å². The second kappa shape index (κ2) is 6.35. The van der Waals surface area contributed by atoms with Gasteiger partial charge >= 0.3 is 5.76 Å². The molecule has 2 aromatic carbocycles. The minimum Gasteiger partial charge on any atom is -0.408 e. The van der Waals surface area contributed by atoms with E-state index in [0.717, 1.165) is 0 Å². The molecule has 0 saturated carbocycles. The Balaban J connectivity index is 1.87. The summed E-state index contributed by atoms with van der Waals surface area (Å²) in [6, 6.07) is 9.53. The Labute approximate surface area is 141 Å². The lowest BCUT2D eigenvalue weighted by molar-refractivity contribution is 0.250. The smallest absolute Gasteiger partial charge is 0.408 e. The molecule has 1 aromatic heterocycles. The molecule has 23 heavy (non-hydrogen) atoms.